The molecule has 0 aliphatic carbocycles. The molecule has 1 heterocycles. The molecule has 1 aliphatic rings. The molecule has 1 saturated heterocycles. The molecule has 2 N–H and O–H groups in total. The van der Waals surface area contributed by atoms with E-state index in [-0.39, 0.29) is 23.9 Å². The van der Waals surface area contributed by atoms with Crippen LogP contribution in [0.25, 0.3) is 5.76 Å². The van der Waals surface area contributed by atoms with Crippen LogP contribution in [0, 0.1) is 6.92 Å². The van der Waals surface area contributed by atoms with E-state index in [1.54, 1.807) is 66.7 Å². The molecular weight excluding hydrogens is 486 g/mol. The molecule has 0 radical (unpaired) electrons. The number of carboxylic acids is 1. The van der Waals surface area contributed by atoms with Crippen molar-refractivity contribution in [3.05, 3.63) is 94.6 Å². The summed E-state index contributed by atoms with van der Waals surface area (Å²) < 4.78 is 11.0. The number of anilines is 1. The van der Waals surface area contributed by atoms with E-state index in [9.17, 15) is 19.5 Å². The molecule has 1 fully saturated rings. The number of nitrogens with zero attached hydrogens (tertiary/aromatic N) is 1. The minimum atomic E-state index is -0.975. The molecule has 1 amide bonds. The number of hydrogen-bond acceptors (Lipinski definition) is 6. The number of hydrogen-bond donors (Lipinski definition) is 2. The average Bonchev–Trinajstić information content (AvgIpc) is 3.15. The van der Waals surface area contributed by atoms with Gasteiger partial charge in [-0.3, -0.25) is 19.3 Å². The Balaban J connectivity index is 1.85. The number of ether oxygens (including phenoxy) is 2. The Morgan fingerprint density at radius 3 is 2.18 bits per heavy atom. The predicted octanol–water partition coefficient (Wildman–Crippen LogP) is 5.04. The van der Waals surface area contributed by atoms with Gasteiger partial charge in [-0.1, -0.05) is 24.3 Å². The maximum Gasteiger partial charge on any atom is 0.307 e. The van der Waals surface area contributed by atoms with E-state index in [0.29, 0.717) is 33.9 Å². The van der Waals surface area contributed by atoms with Gasteiger partial charge in [0.05, 0.1) is 31.2 Å². The second kappa shape index (κ2) is 10.8. The van der Waals surface area contributed by atoms with Crippen LogP contribution in [-0.4, -0.2) is 41.1 Å². The van der Waals surface area contributed by atoms with E-state index in [0.717, 1.165) is 5.56 Å². The molecule has 1 aliphatic heterocycles. The Morgan fingerprint density at radius 1 is 0.974 bits per heavy atom. The molecule has 0 saturated carbocycles. The Bertz CT molecular complexity index is 1410. The van der Waals surface area contributed by atoms with Crippen LogP contribution in [0.15, 0.2) is 72.3 Å². The van der Waals surface area contributed by atoms with Crippen molar-refractivity contribution in [1.29, 1.82) is 0 Å². The van der Waals surface area contributed by atoms with E-state index >= 15 is 0 Å². The van der Waals surface area contributed by atoms with E-state index in [1.165, 1.54) is 12.0 Å². The molecule has 38 heavy (non-hydrogen) atoms. The van der Waals surface area contributed by atoms with Gasteiger partial charge in [-0.15, -0.1) is 0 Å². The number of carboxylic acid groups (broad SMARTS) is 1. The molecule has 0 aromatic heterocycles. The summed E-state index contributed by atoms with van der Waals surface area (Å²) in [5.41, 5.74) is 2.65. The molecule has 1 atom stereocenters. The van der Waals surface area contributed by atoms with Gasteiger partial charge in [-0.2, -0.15) is 0 Å². The number of rotatable bonds is 8. The van der Waals surface area contributed by atoms with Crippen LogP contribution in [0.3, 0.4) is 0 Å². The molecule has 4 rings (SSSR count). The Hall–Kier alpha value is -4.59. The second-order valence-corrected chi connectivity index (χ2v) is 9.33. The summed E-state index contributed by atoms with van der Waals surface area (Å²) in [7, 11) is 1.54. The zero-order chi connectivity index (χ0) is 27.6. The van der Waals surface area contributed by atoms with Crippen molar-refractivity contribution in [2.45, 2.75) is 39.3 Å². The summed E-state index contributed by atoms with van der Waals surface area (Å²) in [4.78, 5) is 39.1. The maximum atomic E-state index is 13.4. The number of amides is 1. The molecule has 196 valence electrons. The quantitative estimate of drug-likeness (QED) is 0.245. The van der Waals surface area contributed by atoms with E-state index < -0.39 is 23.7 Å². The third kappa shape index (κ3) is 5.25. The van der Waals surface area contributed by atoms with Crippen molar-refractivity contribution < 1.29 is 34.1 Å². The Morgan fingerprint density at radius 2 is 1.63 bits per heavy atom. The number of aliphatic carboxylic acids is 1. The Kier molecular flexibility index (Phi) is 7.52. The normalized spacial score (nSPS) is 16.7. The SMILES string of the molecule is COc1ccc(C2/C(=C(/O)c3ccc(OC(C)C)c(C)c3)C(=O)C(=O)N2c2ccc(CC(=O)O)cc2)cc1. The van der Waals surface area contributed by atoms with Gasteiger partial charge >= 0.3 is 5.97 Å². The monoisotopic (exact) mass is 515 g/mol. The van der Waals surface area contributed by atoms with E-state index in [1.807, 2.05) is 20.8 Å². The van der Waals surface area contributed by atoms with Gasteiger partial charge in [-0.25, -0.2) is 0 Å². The predicted molar refractivity (Wildman–Crippen MR) is 143 cm³/mol. The van der Waals surface area contributed by atoms with Gasteiger partial charge in [0.15, 0.2) is 0 Å². The lowest BCUT2D eigenvalue weighted by atomic mass is 9.94. The van der Waals surface area contributed by atoms with Crippen LogP contribution < -0.4 is 14.4 Å². The van der Waals surface area contributed by atoms with Gasteiger partial charge in [0.1, 0.15) is 17.3 Å². The zero-order valence-corrected chi connectivity index (χ0v) is 21.6. The number of aryl methyl sites for hydroxylation is 1. The zero-order valence-electron chi connectivity index (χ0n) is 21.6. The Labute approximate surface area is 220 Å². The molecule has 1 unspecified atom stereocenters. The lowest BCUT2D eigenvalue weighted by molar-refractivity contribution is -0.136. The molecule has 0 spiro atoms. The van der Waals surface area contributed by atoms with Crippen molar-refractivity contribution in [2.75, 3.05) is 12.0 Å². The highest BCUT2D eigenvalue weighted by atomic mass is 16.5. The lowest BCUT2D eigenvalue weighted by Crippen LogP contribution is -2.29. The molecule has 3 aromatic rings. The van der Waals surface area contributed by atoms with Gasteiger partial charge < -0.3 is 19.7 Å². The van der Waals surface area contributed by atoms with Crippen LogP contribution in [0.4, 0.5) is 5.69 Å². The van der Waals surface area contributed by atoms with Crippen LogP contribution >= 0.6 is 0 Å². The summed E-state index contributed by atoms with van der Waals surface area (Å²) in [5, 5.41) is 20.5. The first-order valence-corrected chi connectivity index (χ1v) is 12.1. The molecule has 8 nitrogen and oxygen atoms in total. The number of carbonyl (C=O) groups is 3. The minimum absolute atomic E-state index is 0.0320. The number of aliphatic hydroxyl groups is 1. The molecule has 3 aromatic carbocycles. The fraction of sp³-hybridized carbons (Fsp3) is 0.233. The largest absolute Gasteiger partial charge is 0.507 e. The van der Waals surface area contributed by atoms with Gasteiger partial charge in [0, 0.05) is 11.3 Å². The smallest absolute Gasteiger partial charge is 0.307 e. The average molecular weight is 516 g/mol. The van der Waals surface area contributed by atoms with Crippen molar-refractivity contribution >= 4 is 29.1 Å². The summed E-state index contributed by atoms with van der Waals surface area (Å²) in [6, 6.07) is 17.5. The topological polar surface area (TPSA) is 113 Å². The summed E-state index contributed by atoms with van der Waals surface area (Å²) >= 11 is 0. The van der Waals surface area contributed by atoms with Crippen LogP contribution in [0.5, 0.6) is 11.5 Å². The van der Waals surface area contributed by atoms with Crippen molar-refractivity contribution in [3.8, 4) is 11.5 Å². The maximum absolute atomic E-state index is 13.4. The standard InChI is InChI=1S/C30H29NO7/c1-17(2)38-24-14-9-21(15-18(24)3)28(34)26-27(20-7-12-23(37-4)13-8-20)31(30(36)29(26)35)22-10-5-19(6-11-22)16-25(32)33/h5-15,17,27,34H,16H2,1-4H3,(H,32,33)/b28-26-. The van der Waals surface area contributed by atoms with E-state index in [2.05, 4.69) is 0 Å². The first-order chi connectivity index (χ1) is 18.1. The molecular formula is C30H29NO7. The third-order valence-corrected chi connectivity index (χ3v) is 6.26. The first-order valence-electron chi connectivity index (χ1n) is 12.1. The summed E-state index contributed by atoms with van der Waals surface area (Å²) in [5.74, 6) is -1.64. The van der Waals surface area contributed by atoms with Crippen LogP contribution in [0.1, 0.15) is 42.1 Å². The first kappa shape index (κ1) is 26.5. The van der Waals surface area contributed by atoms with Crippen molar-refractivity contribution in [3.63, 3.8) is 0 Å². The highest BCUT2D eigenvalue weighted by Gasteiger charge is 2.47. The number of benzene rings is 3. The third-order valence-electron chi connectivity index (χ3n) is 6.26. The molecule has 8 heteroatoms. The number of ketones is 1. The number of Topliss-reactive ketones (excluding diaryl/α,β-unsaturated/α-hetero) is 1. The van der Waals surface area contributed by atoms with Crippen LogP contribution in [0.2, 0.25) is 0 Å². The van der Waals surface area contributed by atoms with Gasteiger partial charge in [0.2, 0.25) is 0 Å². The highest BCUT2D eigenvalue weighted by molar-refractivity contribution is 6.51. The van der Waals surface area contributed by atoms with Gasteiger partial charge in [0.25, 0.3) is 11.7 Å². The van der Waals surface area contributed by atoms with Crippen molar-refractivity contribution in [2.24, 2.45) is 0 Å². The summed E-state index contributed by atoms with van der Waals surface area (Å²) in [6.07, 6.45) is -0.202. The number of aliphatic hydroxyl groups excluding tert-OH is 1. The fourth-order valence-electron chi connectivity index (χ4n) is 4.49. The lowest BCUT2D eigenvalue weighted by Gasteiger charge is -2.26. The minimum Gasteiger partial charge on any atom is -0.507 e. The fourth-order valence-corrected chi connectivity index (χ4v) is 4.49. The number of methoxy groups -OCH3 is 1. The summed E-state index contributed by atoms with van der Waals surface area (Å²) in [6.45, 7) is 5.67. The highest BCUT2D eigenvalue weighted by Crippen LogP contribution is 2.43. The molecule has 0 bridgehead atoms. The number of carbonyl (C=O) groups excluding carboxylic acids is 2. The van der Waals surface area contributed by atoms with Gasteiger partial charge in [-0.05, 0) is 79.9 Å². The van der Waals surface area contributed by atoms with Crippen LogP contribution in [-0.2, 0) is 20.8 Å². The second-order valence-electron chi connectivity index (χ2n) is 9.33. The van der Waals surface area contributed by atoms with Crippen molar-refractivity contribution in [1.82, 2.24) is 0 Å². The van der Waals surface area contributed by atoms with E-state index in [4.69, 9.17) is 14.6 Å².